The Kier molecular flexibility index (Phi) is 3.27. The van der Waals surface area contributed by atoms with Gasteiger partial charge in [0.25, 0.3) is 0 Å². The van der Waals surface area contributed by atoms with Crippen LogP contribution < -0.4 is 0 Å². The van der Waals surface area contributed by atoms with E-state index in [0.717, 1.165) is 49.0 Å². The summed E-state index contributed by atoms with van der Waals surface area (Å²) in [6, 6.07) is 5.50. The zero-order valence-corrected chi connectivity index (χ0v) is 9.56. The molecule has 3 heteroatoms. The van der Waals surface area contributed by atoms with Crippen molar-refractivity contribution >= 4 is 0 Å². The lowest BCUT2D eigenvalue weighted by Gasteiger charge is -2.25. The summed E-state index contributed by atoms with van der Waals surface area (Å²) in [5, 5.41) is 0. The van der Waals surface area contributed by atoms with Crippen LogP contribution in [0.15, 0.2) is 36.4 Å². The Hall–Kier alpha value is -1.25. The molecule has 0 nitrogen and oxygen atoms in total. The normalized spacial score (nSPS) is 21.6. The van der Waals surface area contributed by atoms with Crippen LogP contribution in [0.5, 0.6) is 0 Å². The van der Waals surface area contributed by atoms with E-state index in [1.807, 2.05) is 0 Å². The van der Waals surface area contributed by atoms with Crippen LogP contribution in [-0.2, 0) is 6.18 Å². The highest BCUT2D eigenvalue weighted by Crippen LogP contribution is 2.37. The number of halogens is 3. The van der Waals surface area contributed by atoms with Crippen LogP contribution in [-0.4, -0.2) is 0 Å². The first-order valence-electron chi connectivity index (χ1n) is 5.83. The fraction of sp³-hybridized carbons (Fsp3) is 0.429. The van der Waals surface area contributed by atoms with E-state index in [0.29, 0.717) is 0 Å². The van der Waals surface area contributed by atoms with Gasteiger partial charge in [-0.15, -0.1) is 0 Å². The SMILES string of the molecule is C=C1CCCCC1c1ccc(C(F)(F)F)cc1. The highest BCUT2D eigenvalue weighted by Gasteiger charge is 2.30. The Bertz CT molecular complexity index is 400. The Labute approximate surface area is 99.2 Å². The van der Waals surface area contributed by atoms with Crippen LogP contribution in [0.4, 0.5) is 13.2 Å². The average molecular weight is 240 g/mol. The summed E-state index contributed by atoms with van der Waals surface area (Å²) in [5.41, 5.74) is 1.53. The second-order valence-electron chi connectivity index (χ2n) is 4.58. The summed E-state index contributed by atoms with van der Waals surface area (Å²) in [5.74, 6) is 0.242. The van der Waals surface area contributed by atoms with Crippen molar-refractivity contribution in [2.24, 2.45) is 0 Å². The number of hydrogen-bond acceptors (Lipinski definition) is 0. The van der Waals surface area contributed by atoms with Gasteiger partial charge in [-0.3, -0.25) is 0 Å². The molecule has 0 saturated heterocycles. The second-order valence-corrected chi connectivity index (χ2v) is 4.58. The molecule has 0 bridgehead atoms. The minimum atomic E-state index is -4.25. The van der Waals surface area contributed by atoms with Gasteiger partial charge in [-0.1, -0.05) is 30.7 Å². The molecule has 2 rings (SSSR count). The third-order valence-electron chi connectivity index (χ3n) is 3.37. The lowest BCUT2D eigenvalue weighted by Crippen LogP contribution is -2.09. The van der Waals surface area contributed by atoms with Crippen molar-refractivity contribution < 1.29 is 13.2 Å². The summed E-state index contributed by atoms with van der Waals surface area (Å²) in [6.45, 7) is 4.02. The van der Waals surface area contributed by atoms with Crippen LogP contribution >= 0.6 is 0 Å². The van der Waals surface area contributed by atoms with Gasteiger partial charge in [0.2, 0.25) is 0 Å². The molecule has 0 radical (unpaired) electrons. The highest BCUT2D eigenvalue weighted by atomic mass is 19.4. The average Bonchev–Trinajstić information content (AvgIpc) is 2.29. The van der Waals surface area contributed by atoms with Crippen molar-refractivity contribution in [2.45, 2.75) is 37.8 Å². The zero-order chi connectivity index (χ0) is 12.5. The molecule has 0 heterocycles. The molecule has 1 fully saturated rings. The monoisotopic (exact) mass is 240 g/mol. The van der Waals surface area contributed by atoms with Crippen LogP contribution in [0.1, 0.15) is 42.7 Å². The third-order valence-corrected chi connectivity index (χ3v) is 3.37. The summed E-state index contributed by atoms with van der Waals surface area (Å²) in [6.07, 6.45) is 0.0265. The molecular formula is C14H15F3. The van der Waals surface area contributed by atoms with E-state index in [4.69, 9.17) is 0 Å². The van der Waals surface area contributed by atoms with Crippen LogP contribution in [0.25, 0.3) is 0 Å². The van der Waals surface area contributed by atoms with Gasteiger partial charge in [-0.25, -0.2) is 0 Å². The number of rotatable bonds is 1. The van der Waals surface area contributed by atoms with Gasteiger partial charge in [-0.05, 0) is 37.0 Å². The van der Waals surface area contributed by atoms with Gasteiger partial charge in [-0.2, -0.15) is 13.2 Å². The summed E-state index contributed by atoms with van der Waals surface area (Å²) >= 11 is 0. The first-order valence-corrected chi connectivity index (χ1v) is 5.83. The van der Waals surface area contributed by atoms with Crippen molar-refractivity contribution in [2.75, 3.05) is 0 Å². The van der Waals surface area contributed by atoms with Gasteiger partial charge < -0.3 is 0 Å². The number of allylic oxidation sites excluding steroid dienone is 1. The Balaban J connectivity index is 2.20. The summed E-state index contributed by atoms with van der Waals surface area (Å²) in [7, 11) is 0. The molecule has 1 aliphatic carbocycles. The fourth-order valence-electron chi connectivity index (χ4n) is 2.39. The van der Waals surface area contributed by atoms with Gasteiger partial charge in [0.15, 0.2) is 0 Å². The maximum atomic E-state index is 12.4. The molecule has 1 unspecified atom stereocenters. The van der Waals surface area contributed by atoms with E-state index in [-0.39, 0.29) is 5.92 Å². The Morgan fingerprint density at radius 2 is 1.71 bits per heavy atom. The molecule has 0 amide bonds. The number of alkyl halides is 3. The van der Waals surface area contributed by atoms with E-state index in [1.54, 1.807) is 12.1 Å². The van der Waals surface area contributed by atoms with E-state index in [1.165, 1.54) is 0 Å². The van der Waals surface area contributed by atoms with E-state index >= 15 is 0 Å². The first-order chi connectivity index (χ1) is 7.98. The van der Waals surface area contributed by atoms with Gasteiger partial charge in [0.1, 0.15) is 0 Å². The third kappa shape index (κ3) is 2.71. The minimum absolute atomic E-state index is 0.242. The van der Waals surface area contributed by atoms with E-state index in [9.17, 15) is 13.2 Å². The molecule has 0 aromatic heterocycles. The highest BCUT2D eigenvalue weighted by molar-refractivity contribution is 5.32. The topological polar surface area (TPSA) is 0 Å². The van der Waals surface area contributed by atoms with E-state index < -0.39 is 11.7 Å². The summed E-state index contributed by atoms with van der Waals surface area (Å²) < 4.78 is 37.3. The quantitative estimate of drug-likeness (QED) is 0.611. The number of benzene rings is 1. The van der Waals surface area contributed by atoms with Gasteiger partial charge >= 0.3 is 6.18 Å². The standard InChI is InChI=1S/C14H15F3/c1-10-4-2-3-5-13(10)11-6-8-12(9-7-11)14(15,16)17/h6-9,13H,1-5H2. The fourth-order valence-corrected chi connectivity index (χ4v) is 2.39. The predicted octanol–water partition coefficient (Wildman–Crippen LogP) is 4.92. The smallest absolute Gasteiger partial charge is 0.166 e. The Morgan fingerprint density at radius 3 is 2.24 bits per heavy atom. The Morgan fingerprint density at radius 1 is 1.06 bits per heavy atom. The van der Waals surface area contributed by atoms with Crippen molar-refractivity contribution in [3.8, 4) is 0 Å². The molecule has 0 N–H and O–H groups in total. The minimum Gasteiger partial charge on any atom is -0.166 e. The van der Waals surface area contributed by atoms with Crippen molar-refractivity contribution in [3.05, 3.63) is 47.5 Å². The zero-order valence-electron chi connectivity index (χ0n) is 9.56. The lowest BCUT2D eigenvalue weighted by atomic mass is 9.80. The summed E-state index contributed by atoms with van der Waals surface area (Å²) in [4.78, 5) is 0. The van der Waals surface area contributed by atoms with Gasteiger partial charge in [0, 0.05) is 5.92 Å². The molecule has 92 valence electrons. The molecule has 1 aromatic rings. The van der Waals surface area contributed by atoms with Crippen molar-refractivity contribution in [3.63, 3.8) is 0 Å². The van der Waals surface area contributed by atoms with Crippen LogP contribution in [0.2, 0.25) is 0 Å². The lowest BCUT2D eigenvalue weighted by molar-refractivity contribution is -0.137. The van der Waals surface area contributed by atoms with E-state index in [2.05, 4.69) is 6.58 Å². The molecule has 17 heavy (non-hydrogen) atoms. The molecule has 1 aliphatic rings. The van der Waals surface area contributed by atoms with Crippen LogP contribution in [0.3, 0.4) is 0 Å². The first kappa shape index (κ1) is 12.2. The molecule has 0 aliphatic heterocycles. The van der Waals surface area contributed by atoms with Gasteiger partial charge in [0.05, 0.1) is 5.56 Å². The maximum Gasteiger partial charge on any atom is 0.416 e. The van der Waals surface area contributed by atoms with Crippen molar-refractivity contribution in [1.82, 2.24) is 0 Å². The molecule has 1 aromatic carbocycles. The molecule has 1 atom stereocenters. The molecule has 0 spiro atoms. The molecular weight excluding hydrogens is 225 g/mol. The van der Waals surface area contributed by atoms with Crippen LogP contribution in [0, 0.1) is 0 Å². The van der Waals surface area contributed by atoms with Crippen molar-refractivity contribution in [1.29, 1.82) is 0 Å². The predicted molar refractivity (Wildman–Crippen MR) is 61.8 cm³/mol. The molecule has 1 saturated carbocycles. The second kappa shape index (κ2) is 4.55. The largest absolute Gasteiger partial charge is 0.416 e. The number of hydrogen-bond donors (Lipinski definition) is 0. The maximum absolute atomic E-state index is 12.4.